The molecule has 1 amide bonds. The second kappa shape index (κ2) is 10.9. The van der Waals surface area contributed by atoms with E-state index in [2.05, 4.69) is 10.3 Å². The second-order valence-electron chi connectivity index (χ2n) is 8.35. The van der Waals surface area contributed by atoms with Crippen LogP contribution in [0.2, 0.25) is 5.02 Å². The normalized spacial score (nSPS) is 13.4. The van der Waals surface area contributed by atoms with E-state index in [1.165, 1.54) is 6.39 Å². The first-order valence-electron chi connectivity index (χ1n) is 11.0. The fourth-order valence-electron chi connectivity index (χ4n) is 3.97. The molecule has 1 heterocycles. The third kappa shape index (κ3) is 5.34. The standard InChI is InChI=1S/C27H21ClN2O5.Na/c28-22-4-2-1-3-20(22)15-34-26(33)30-24-23(29-16-35-24)19-7-5-17(6-8-19)18-9-11-21(12-10-18)27(13-14-27)25(31)32;/h1-12,16H,13-15H2,(H,30,33)(H,31,32);/q;+1/p-1. The summed E-state index contributed by atoms with van der Waals surface area (Å²) in [5.74, 6) is -0.845. The molecule has 0 unspecified atom stereocenters. The Morgan fingerprint density at radius 1 is 0.972 bits per heavy atom. The van der Waals surface area contributed by atoms with Crippen LogP contribution in [0.5, 0.6) is 0 Å². The van der Waals surface area contributed by atoms with Crippen molar-refractivity contribution in [3.63, 3.8) is 0 Å². The van der Waals surface area contributed by atoms with Crippen molar-refractivity contribution in [1.82, 2.24) is 4.98 Å². The Morgan fingerprint density at radius 2 is 1.58 bits per heavy atom. The monoisotopic (exact) mass is 510 g/mol. The summed E-state index contributed by atoms with van der Waals surface area (Å²) in [4.78, 5) is 27.9. The predicted molar refractivity (Wildman–Crippen MR) is 129 cm³/mol. The zero-order valence-corrected chi connectivity index (χ0v) is 22.2. The first kappa shape index (κ1) is 26.0. The molecule has 9 heteroatoms. The van der Waals surface area contributed by atoms with Crippen LogP contribution >= 0.6 is 11.6 Å². The number of rotatable bonds is 7. The molecule has 0 spiro atoms. The van der Waals surface area contributed by atoms with E-state index in [4.69, 9.17) is 20.8 Å². The van der Waals surface area contributed by atoms with Gasteiger partial charge in [-0.05, 0) is 35.6 Å². The number of aromatic nitrogens is 1. The van der Waals surface area contributed by atoms with Gasteiger partial charge in [0.1, 0.15) is 12.3 Å². The largest absolute Gasteiger partial charge is 1.00 e. The van der Waals surface area contributed by atoms with Crippen LogP contribution in [-0.4, -0.2) is 17.0 Å². The maximum absolute atomic E-state index is 12.3. The van der Waals surface area contributed by atoms with Gasteiger partial charge in [-0.25, -0.2) is 9.78 Å². The van der Waals surface area contributed by atoms with Gasteiger partial charge < -0.3 is 19.1 Å². The van der Waals surface area contributed by atoms with Gasteiger partial charge in [0.25, 0.3) is 0 Å². The Balaban J connectivity index is 0.00000304. The second-order valence-corrected chi connectivity index (χ2v) is 8.75. The number of carboxylic acid groups (broad SMARTS) is 1. The molecule has 7 nitrogen and oxygen atoms in total. The fourth-order valence-corrected chi connectivity index (χ4v) is 4.16. The quantitative estimate of drug-likeness (QED) is 0.382. The Labute approximate surface area is 234 Å². The smallest absolute Gasteiger partial charge is 0.549 e. The molecule has 1 saturated carbocycles. The van der Waals surface area contributed by atoms with Crippen LogP contribution < -0.4 is 40.0 Å². The average molecular weight is 511 g/mol. The topological polar surface area (TPSA) is 104 Å². The number of carboxylic acids is 1. The van der Waals surface area contributed by atoms with E-state index in [0.29, 0.717) is 29.1 Å². The molecule has 5 rings (SSSR count). The van der Waals surface area contributed by atoms with E-state index >= 15 is 0 Å². The van der Waals surface area contributed by atoms with Crippen LogP contribution in [0.25, 0.3) is 22.4 Å². The van der Waals surface area contributed by atoms with Crippen LogP contribution in [-0.2, 0) is 21.6 Å². The van der Waals surface area contributed by atoms with Crippen molar-refractivity contribution in [2.75, 3.05) is 5.32 Å². The van der Waals surface area contributed by atoms with Crippen molar-refractivity contribution in [2.24, 2.45) is 0 Å². The molecule has 176 valence electrons. The minimum absolute atomic E-state index is 0. The van der Waals surface area contributed by atoms with Gasteiger partial charge in [0, 0.05) is 21.6 Å². The summed E-state index contributed by atoms with van der Waals surface area (Å²) < 4.78 is 10.6. The molecular weight excluding hydrogens is 491 g/mol. The predicted octanol–water partition coefficient (Wildman–Crippen LogP) is 2.20. The van der Waals surface area contributed by atoms with E-state index in [1.54, 1.807) is 18.2 Å². The zero-order valence-electron chi connectivity index (χ0n) is 19.5. The van der Waals surface area contributed by atoms with Crippen molar-refractivity contribution in [2.45, 2.75) is 24.9 Å². The minimum Gasteiger partial charge on any atom is -0.549 e. The van der Waals surface area contributed by atoms with E-state index in [0.717, 1.165) is 22.3 Å². The summed E-state index contributed by atoms with van der Waals surface area (Å²) in [7, 11) is 0. The van der Waals surface area contributed by atoms with Gasteiger partial charge in [0.05, 0.1) is 5.97 Å². The van der Waals surface area contributed by atoms with Gasteiger partial charge in [-0.1, -0.05) is 78.3 Å². The van der Waals surface area contributed by atoms with Gasteiger partial charge in [0.2, 0.25) is 5.88 Å². The summed E-state index contributed by atoms with van der Waals surface area (Å²) in [6, 6.07) is 22.2. The summed E-state index contributed by atoms with van der Waals surface area (Å²) in [6.45, 7) is 0.0204. The Hall–Kier alpha value is -3.10. The molecule has 36 heavy (non-hydrogen) atoms. The number of anilines is 1. The minimum atomic E-state index is -1.01. The van der Waals surface area contributed by atoms with Crippen LogP contribution in [0.4, 0.5) is 10.7 Å². The molecule has 0 aliphatic heterocycles. The van der Waals surface area contributed by atoms with Crippen molar-refractivity contribution < 1.29 is 53.4 Å². The maximum atomic E-state index is 12.3. The molecule has 0 bridgehead atoms. The van der Waals surface area contributed by atoms with E-state index in [-0.39, 0.29) is 42.0 Å². The first-order chi connectivity index (χ1) is 17.0. The molecule has 1 aliphatic carbocycles. The summed E-state index contributed by atoms with van der Waals surface area (Å²) in [6.07, 6.45) is 1.79. The van der Waals surface area contributed by atoms with Crippen molar-refractivity contribution >= 4 is 29.5 Å². The van der Waals surface area contributed by atoms with Crippen molar-refractivity contribution in [3.05, 3.63) is 95.3 Å². The SMILES string of the molecule is O=C(Nc1ocnc1-c1ccc(-c2ccc(C3(C(=O)[O-])CC3)cc2)cc1)OCc1ccccc1Cl.[Na+]. The Kier molecular flexibility index (Phi) is 7.85. The number of halogens is 1. The number of aliphatic carboxylic acids is 1. The molecule has 3 aromatic carbocycles. The van der Waals surface area contributed by atoms with Gasteiger partial charge in [-0.15, -0.1) is 0 Å². The number of benzene rings is 3. The zero-order chi connectivity index (χ0) is 24.4. The van der Waals surface area contributed by atoms with Crippen LogP contribution in [0.3, 0.4) is 0 Å². The average Bonchev–Trinajstić information content (AvgIpc) is 3.57. The van der Waals surface area contributed by atoms with Gasteiger partial charge in [-0.3, -0.25) is 5.32 Å². The summed E-state index contributed by atoms with van der Waals surface area (Å²) in [5.41, 5.74) is 3.76. The van der Waals surface area contributed by atoms with E-state index in [9.17, 15) is 14.7 Å². The third-order valence-electron chi connectivity index (χ3n) is 6.17. The summed E-state index contributed by atoms with van der Waals surface area (Å²) >= 11 is 6.09. The first-order valence-corrected chi connectivity index (χ1v) is 11.4. The molecule has 1 aromatic heterocycles. The number of carbonyl (C=O) groups is 2. The molecule has 1 aliphatic rings. The van der Waals surface area contributed by atoms with Gasteiger partial charge in [-0.2, -0.15) is 0 Å². The maximum Gasteiger partial charge on any atom is 1.00 e. The number of amides is 1. The number of hydrogen-bond donors (Lipinski definition) is 1. The molecule has 0 atom stereocenters. The van der Waals surface area contributed by atoms with Crippen LogP contribution in [0.15, 0.2) is 83.6 Å². The summed E-state index contributed by atoms with van der Waals surface area (Å²) in [5, 5.41) is 14.5. The van der Waals surface area contributed by atoms with E-state index < -0.39 is 17.5 Å². The van der Waals surface area contributed by atoms with Gasteiger partial charge in [0.15, 0.2) is 6.39 Å². The van der Waals surface area contributed by atoms with Crippen molar-refractivity contribution in [3.8, 4) is 22.4 Å². The van der Waals surface area contributed by atoms with E-state index in [1.807, 2.05) is 54.6 Å². The Morgan fingerprint density at radius 3 is 2.19 bits per heavy atom. The molecule has 0 saturated heterocycles. The third-order valence-corrected chi connectivity index (χ3v) is 6.54. The van der Waals surface area contributed by atoms with Crippen LogP contribution in [0.1, 0.15) is 24.0 Å². The number of nitrogens with one attached hydrogen (secondary N) is 1. The van der Waals surface area contributed by atoms with Crippen LogP contribution in [0, 0.1) is 0 Å². The van der Waals surface area contributed by atoms with Crippen molar-refractivity contribution in [1.29, 1.82) is 0 Å². The number of ether oxygens (including phenoxy) is 1. The number of nitrogens with zero attached hydrogens (tertiary/aromatic N) is 1. The molecule has 4 aromatic rings. The molecule has 1 fully saturated rings. The molecular formula is C27H20ClN2NaO5. The number of hydrogen-bond acceptors (Lipinski definition) is 6. The number of carbonyl (C=O) groups excluding carboxylic acids is 2. The molecule has 1 N–H and O–H groups in total. The number of oxazole rings is 1. The Bertz CT molecular complexity index is 1380. The van der Waals surface area contributed by atoms with Gasteiger partial charge >= 0.3 is 35.7 Å². The fraction of sp³-hybridized carbons (Fsp3) is 0.148. The molecule has 0 radical (unpaired) electrons.